The van der Waals surface area contributed by atoms with Crippen molar-refractivity contribution in [2.45, 2.75) is 26.4 Å². The molecule has 0 saturated heterocycles. The standard InChI is InChI=1S/C23H23N3OS/c1-2-13-26(15-17-9-5-3-6-10-17)16-21-24-22(27)19-14-20(28-23(19)25-21)18-11-7-4-8-12-18/h3-12,14H,2,13,15-16H2,1H3,(H,24,25,27). The minimum absolute atomic E-state index is 0.0606. The predicted molar refractivity (Wildman–Crippen MR) is 117 cm³/mol. The molecule has 1 N–H and O–H groups in total. The Morgan fingerprint density at radius 1 is 1.00 bits per heavy atom. The lowest BCUT2D eigenvalue weighted by Gasteiger charge is -2.21. The summed E-state index contributed by atoms with van der Waals surface area (Å²) < 4.78 is 0. The van der Waals surface area contributed by atoms with Gasteiger partial charge in [-0.2, -0.15) is 0 Å². The molecule has 4 aromatic rings. The van der Waals surface area contributed by atoms with Crippen molar-refractivity contribution in [2.24, 2.45) is 0 Å². The van der Waals surface area contributed by atoms with E-state index < -0.39 is 0 Å². The Hall–Kier alpha value is -2.76. The van der Waals surface area contributed by atoms with Crippen molar-refractivity contribution in [1.29, 1.82) is 0 Å². The summed E-state index contributed by atoms with van der Waals surface area (Å²) >= 11 is 1.57. The van der Waals surface area contributed by atoms with Gasteiger partial charge in [0, 0.05) is 11.4 Å². The molecule has 0 aliphatic heterocycles. The monoisotopic (exact) mass is 389 g/mol. The molecule has 5 heteroatoms. The molecule has 4 nitrogen and oxygen atoms in total. The number of hydrogen-bond acceptors (Lipinski definition) is 4. The molecule has 0 spiro atoms. The molecule has 2 aromatic heterocycles. The number of nitrogens with one attached hydrogen (secondary N) is 1. The van der Waals surface area contributed by atoms with Crippen LogP contribution in [0, 0.1) is 0 Å². The van der Waals surface area contributed by atoms with Crippen LogP contribution in [0.4, 0.5) is 0 Å². The Morgan fingerprint density at radius 2 is 1.71 bits per heavy atom. The molecule has 142 valence electrons. The second-order valence-electron chi connectivity index (χ2n) is 6.90. The van der Waals surface area contributed by atoms with Gasteiger partial charge in [0.1, 0.15) is 10.7 Å². The summed E-state index contributed by atoms with van der Waals surface area (Å²) in [5, 5.41) is 0.665. The van der Waals surface area contributed by atoms with Gasteiger partial charge in [0.15, 0.2) is 0 Å². The van der Waals surface area contributed by atoms with Gasteiger partial charge in [0.05, 0.1) is 11.9 Å². The maximum absolute atomic E-state index is 12.6. The van der Waals surface area contributed by atoms with E-state index in [1.54, 1.807) is 11.3 Å². The Kier molecular flexibility index (Phi) is 5.65. The minimum Gasteiger partial charge on any atom is -0.309 e. The van der Waals surface area contributed by atoms with E-state index in [0.717, 1.165) is 40.6 Å². The molecular formula is C23H23N3OS. The highest BCUT2D eigenvalue weighted by molar-refractivity contribution is 7.21. The normalized spacial score (nSPS) is 11.4. The summed E-state index contributed by atoms with van der Waals surface area (Å²) in [6.07, 6.45) is 1.05. The fourth-order valence-electron chi connectivity index (χ4n) is 3.38. The SMILES string of the molecule is CCCN(Cc1ccccc1)Cc1nc2sc(-c3ccccc3)cc2c(=O)[nH]1. The molecule has 0 atom stereocenters. The number of benzene rings is 2. The molecule has 4 rings (SSSR count). The average molecular weight is 390 g/mol. The number of fused-ring (bicyclic) bond motifs is 1. The summed E-state index contributed by atoms with van der Waals surface area (Å²) in [7, 11) is 0. The van der Waals surface area contributed by atoms with Crippen LogP contribution < -0.4 is 5.56 Å². The molecule has 28 heavy (non-hydrogen) atoms. The second-order valence-corrected chi connectivity index (χ2v) is 7.94. The Labute approximate surface area is 168 Å². The zero-order valence-corrected chi connectivity index (χ0v) is 16.7. The van der Waals surface area contributed by atoms with Gasteiger partial charge < -0.3 is 4.98 Å². The van der Waals surface area contributed by atoms with E-state index in [4.69, 9.17) is 4.98 Å². The van der Waals surface area contributed by atoms with Crippen LogP contribution >= 0.6 is 11.3 Å². The summed E-state index contributed by atoms with van der Waals surface area (Å²) in [5.41, 5.74) is 2.32. The van der Waals surface area contributed by atoms with Gasteiger partial charge in [0.25, 0.3) is 5.56 Å². The van der Waals surface area contributed by atoms with Gasteiger partial charge in [-0.15, -0.1) is 11.3 Å². The fourth-order valence-corrected chi connectivity index (χ4v) is 4.44. The highest BCUT2D eigenvalue weighted by Crippen LogP contribution is 2.30. The summed E-state index contributed by atoms with van der Waals surface area (Å²) in [5.74, 6) is 0.725. The Morgan fingerprint density at radius 3 is 2.43 bits per heavy atom. The van der Waals surface area contributed by atoms with Crippen LogP contribution in [0.15, 0.2) is 71.5 Å². The number of H-pyrrole nitrogens is 1. The van der Waals surface area contributed by atoms with E-state index in [1.807, 2.05) is 30.3 Å². The summed E-state index contributed by atoms with van der Waals surface area (Å²) in [6.45, 7) is 4.60. The van der Waals surface area contributed by atoms with Gasteiger partial charge in [-0.05, 0) is 30.2 Å². The molecule has 0 unspecified atom stereocenters. The molecular weight excluding hydrogens is 366 g/mol. The zero-order chi connectivity index (χ0) is 19.3. The first kappa shape index (κ1) is 18.6. The minimum atomic E-state index is -0.0606. The Balaban J connectivity index is 1.61. The molecule has 0 bridgehead atoms. The molecule has 0 aliphatic carbocycles. The predicted octanol–water partition coefficient (Wildman–Crippen LogP) is 5.06. The highest BCUT2D eigenvalue weighted by Gasteiger charge is 2.13. The maximum Gasteiger partial charge on any atom is 0.259 e. The highest BCUT2D eigenvalue weighted by atomic mass is 32.1. The molecule has 0 saturated carbocycles. The third-order valence-electron chi connectivity index (χ3n) is 4.67. The van der Waals surface area contributed by atoms with Crippen LogP contribution in [0.2, 0.25) is 0 Å². The summed E-state index contributed by atoms with van der Waals surface area (Å²) in [6, 6.07) is 22.5. The van der Waals surface area contributed by atoms with Gasteiger partial charge >= 0.3 is 0 Å². The fraction of sp³-hybridized carbons (Fsp3) is 0.217. The van der Waals surface area contributed by atoms with E-state index >= 15 is 0 Å². The third kappa shape index (κ3) is 4.21. The number of rotatable bonds is 7. The number of nitrogens with zero attached hydrogens (tertiary/aromatic N) is 2. The van der Waals surface area contributed by atoms with Gasteiger partial charge in [-0.25, -0.2) is 4.98 Å². The number of aromatic nitrogens is 2. The average Bonchev–Trinajstić information content (AvgIpc) is 3.14. The zero-order valence-electron chi connectivity index (χ0n) is 15.9. The van der Waals surface area contributed by atoms with Crippen LogP contribution in [0.5, 0.6) is 0 Å². The molecule has 0 aliphatic rings. The van der Waals surface area contributed by atoms with Gasteiger partial charge in [-0.1, -0.05) is 67.6 Å². The molecule has 0 amide bonds. The first-order chi connectivity index (χ1) is 13.7. The molecule has 0 radical (unpaired) electrons. The number of aromatic amines is 1. The lowest BCUT2D eigenvalue weighted by Crippen LogP contribution is -2.26. The lowest BCUT2D eigenvalue weighted by molar-refractivity contribution is 0.251. The maximum atomic E-state index is 12.6. The van der Waals surface area contributed by atoms with Crippen molar-refractivity contribution in [2.75, 3.05) is 6.54 Å². The Bertz CT molecular complexity index is 1100. The van der Waals surface area contributed by atoms with Gasteiger partial charge in [-0.3, -0.25) is 9.69 Å². The van der Waals surface area contributed by atoms with Crippen molar-refractivity contribution >= 4 is 21.6 Å². The van der Waals surface area contributed by atoms with Crippen molar-refractivity contribution in [3.05, 3.63) is 88.5 Å². The quantitative estimate of drug-likeness (QED) is 0.480. The summed E-state index contributed by atoms with van der Waals surface area (Å²) in [4.78, 5) is 24.6. The van der Waals surface area contributed by atoms with Crippen LogP contribution in [0.25, 0.3) is 20.7 Å². The van der Waals surface area contributed by atoms with E-state index in [0.29, 0.717) is 11.9 Å². The smallest absolute Gasteiger partial charge is 0.259 e. The van der Waals surface area contributed by atoms with Crippen molar-refractivity contribution < 1.29 is 0 Å². The topological polar surface area (TPSA) is 49.0 Å². The van der Waals surface area contributed by atoms with Gasteiger partial charge in [0.2, 0.25) is 0 Å². The largest absolute Gasteiger partial charge is 0.309 e. The van der Waals surface area contributed by atoms with Crippen LogP contribution in [-0.4, -0.2) is 21.4 Å². The van der Waals surface area contributed by atoms with Crippen molar-refractivity contribution in [3.8, 4) is 10.4 Å². The van der Waals surface area contributed by atoms with E-state index in [9.17, 15) is 4.79 Å². The first-order valence-electron chi connectivity index (χ1n) is 9.57. The molecule has 2 heterocycles. The van der Waals surface area contributed by atoms with E-state index in [1.165, 1.54) is 5.56 Å². The molecule has 2 aromatic carbocycles. The van der Waals surface area contributed by atoms with Crippen molar-refractivity contribution in [1.82, 2.24) is 14.9 Å². The van der Waals surface area contributed by atoms with Crippen molar-refractivity contribution in [3.63, 3.8) is 0 Å². The molecule has 0 fully saturated rings. The lowest BCUT2D eigenvalue weighted by atomic mass is 10.2. The third-order valence-corrected chi connectivity index (χ3v) is 5.75. The first-order valence-corrected chi connectivity index (χ1v) is 10.4. The van der Waals surface area contributed by atoms with Crippen LogP contribution in [0.1, 0.15) is 24.7 Å². The second kappa shape index (κ2) is 8.50. The van der Waals surface area contributed by atoms with E-state index in [2.05, 4.69) is 53.2 Å². The number of hydrogen-bond donors (Lipinski definition) is 1. The van der Waals surface area contributed by atoms with Crippen LogP contribution in [-0.2, 0) is 13.1 Å². The van der Waals surface area contributed by atoms with E-state index in [-0.39, 0.29) is 5.56 Å². The van der Waals surface area contributed by atoms with Crippen LogP contribution in [0.3, 0.4) is 0 Å². The number of thiophene rings is 1.